The molecule has 0 aromatic rings. The van der Waals surface area contributed by atoms with E-state index in [4.69, 9.17) is 4.74 Å². The molecule has 0 bridgehead atoms. The van der Waals surface area contributed by atoms with Crippen LogP contribution in [0.5, 0.6) is 0 Å². The summed E-state index contributed by atoms with van der Waals surface area (Å²) in [4.78, 5) is 22.4. The smallest absolute Gasteiger partial charge is 0.313 e. The van der Waals surface area contributed by atoms with Crippen LogP contribution in [0.2, 0.25) is 0 Å². The maximum absolute atomic E-state index is 11.2. The van der Waals surface area contributed by atoms with Crippen molar-refractivity contribution in [3.63, 3.8) is 0 Å². The minimum Gasteiger partial charge on any atom is -0.460 e. The highest BCUT2D eigenvalue weighted by molar-refractivity contribution is 7.86. The molecule has 0 rings (SSSR count). The van der Waals surface area contributed by atoms with E-state index in [0.717, 1.165) is 0 Å². The van der Waals surface area contributed by atoms with Crippen molar-refractivity contribution in [2.75, 3.05) is 12.4 Å². The molecule has 6 nitrogen and oxygen atoms in total. The minimum atomic E-state index is -3.66. The molecule has 0 fully saturated rings. The summed E-state index contributed by atoms with van der Waals surface area (Å²) in [6, 6.07) is 0. The van der Waals surface area contributed by atoms with Crippen molar-refractivity contribution in [3.05, 3.63) is 0 Å². The van der Waals surface area contributed by atoms with Crippen LogP contribution in [0.1, 0.15) is 34.1 Å². The maximum Gasteiger partial charge on any atom is 0.313 e. The fraction of sp³-hybridized carbons (Fsp3) is 0.800. The van der Waals surface area contributed by atoms with Crippen molar-refractivity contribution >= 4 is 21.9 Å². The first kappa shape index (κ1) is 16.1. The van der Waals surface area contributed by atoms with Gasteiger partial charge >= 0.3 is 5.97 Å². The third-order valence-electron chi connectivity index (χ3n) is 1.51. The molecule has 0 aromatic heterocycles. The van der Waals surface area contributed by atoms with E-state index < -0.39 is 40.5 Å². The molecule has 0 N–H and O–H groups in total. The number of ether oxygens (including phenoxy) is 1. The van der Waals surface area contributed by atoms with E-state index in [1.165, 1.54) is 6.92 Å². The lowest BCUT2D eigenvalue weighted by Gasteiger charge is -2.19. The molecule has 0 heterocycles. The number of carbonyl (C=O) groups excluding carboxylic acids is 2. The summed E-state index contributed by atoms with van der Waals surface area (Å²) < 4.78 is 31.1. The molecule has 0 atom stereocenters. The number of esters is 1. The molecule has 0 amide bonds. The summed E-state index contributed by atoms with van der Waals surface area (Å²) in [7, 11) is -3.66. The Bertz CT molecular complexity index is 376. The molecule has 0 saturated heterocycles. The van der Waals surface area contributed by atoms with Gasteiger partial charge in [-0.2, -0.15) is 8.42 Å². The molecule has 0 aliphatic heterocycles. The molecule has 0 spiro atoms. The van der Waals surface area contributed by atoms with Crippen LogP contribution in [-0.4, -0.2) is 38.1 Å². The zero-order chi connectivity index (χ0) is 13.7. The predicted octanol–water partition coefficient (Wildman–Crippen LogP) is 0.654. The summed E-state index contributed by atoms with van der Waals surface area (Å²) in [5, 5.41) is 0. The van der Waals surface area contributed by atoms with Crippen molar-refractivity contribution in [3.8, 4) is 0 Å². The fourth-order valence-electron chi connectivity index (χ4n) is 0.828. The third-order valence-corrected chi connectivity index (χ3v) is 2.70. The van der Waals surface area contributed by atoms with E-state index in [-0.39, 0.29) is 5.75 Å². The van der Waals surface area contributed by atoms with Crippen molar-refractivity contribution < 1.29 is 26.9 Å². The van der Waals surface area contributed by atoms with Gasteiger partial charge in [0, 0.05) is 0 Å². The summed E-state index contributed by atoms with van der Waals surface area (Å²) in [6.45, 7) is 5.79. The number of hydrogen-bond acceptors (Lipinski definition) is 6. The third kappa shape index (κ3) is 8.82. The number of carbonyl (C=O) groups is 2. The zero-order valence-corrected chi connectivity index (χ0v) is 11.3. The van der Waals surface area contributed by atoms with Crippen molar-refractivity contribution in [2.45, 2.75) is 39.7 Å². The van der Waals surface area contributed by atoms with E-state index in [0.29, 0.717) is 0 Å². The Labute approximate surface area is 101 Å². The first-order valence-electron chi connectivity index (χ1n) is 5.16. The Hall–Kier alpha value is -0.950. The Morgan fingerprint density at radius 1 is 1.18 bits per heavy atom. The number of hydrogen-bond donors (Lipinski definition) is 0. The lowest BCUT2D eigenvalue weighted by molar-refractivity contribution is -0.156. The van der Waals surface area contributed by atoms with Crippen molar-refractivity contribution in [2.24, 2.45) is 0 Å². The summed E-state index contributed by atoms with van der Waals surface area (Å²) >= 11 is 0. The van der Waals surface area contributed by atoms with E-state index in [2.05, 4.69) is 4.18 Å². The van der Waals surface area contributed by atoms with Gasteiger partial charge in [-0.15, -0.1) is 0 Å². The molecular weight excluding hydrogens is 248 g/mol. The SMILES string of the molecule is CCS(=O)(=O)OCC(=O)CC(=O)OC(C)(C)C. The highest BCUT2D eigenvalue weighted by Gasteiger charge is 2.20. The van der Waals surface area contributed by atoms with Gasteiger partial charge in [0.25, 0.3) is 10.1 Å². The molecule has 0 saturated carbocycles. The van der Waals surface area contributed by atoms with Gasteiger partial charge < -0.3 is 4.74 Å². The van der Waals surface area contributed by atoms with E-state index in [1.54, 1.807) is 20.8 Å². The molecule has 0 radical (unpaired) electrons. The van der Waals surface area contributed by atoms with Gasteiger partial charge in [-0.25, -0.2) is 0 Å². The van der Waals surface area contributed by atoms with Gasteiger partial charge in [0.1, 0.15) is 18.6 Å². The van der Waals surface area contributed by atoms with E-state index >= 15 is 0 Å². The normalized spacial score (nSPS) is 12.2. The second kappa shape index (κ2) is 6.11. The van der Waals surface area contributed by atoms with Gasteiger partial charge in [-0.05, 0) is 27.7 Å². The second-order valence-corrected chi connectivity index (χ2v) is 6.34. The van der Waals surface area contributed by atoms with Crippen LogP contribution in [0.4, 0.5) is 0 Å². The molecule has 0 aliphatic carbocycles. The van der Waals surface area contributed by atoms with Gasteiger partial charge in [0.05, 0.1) is 5.75 Å². The number of ketones is 1. The zero-order valence-electron chi connectivity index (χ0n) is 10.5. The maximum atomic E-state index is 11.2. The fourth-order valence-corrected chi connectivity index (χ4v) is 1.31. The Balaban J connectivity index is 4.08. The van der Waals surface area contributed by atoms with Crippen LogP contribution < -0.4 is 0 Å². The van der Waals surface area contributed by atoms with Gasteiger partial charge in [0.15, 0.2) is 5.78 Å². The van der Waals surface area contributed by atoms with Gasteiger partial charge in [0.2, 0.25) is 0 Å². The summed E-state index contributed by atoms with van der Waals surface area (Å²) in [5.41, 5.74) is -0.673. The van der Waals surface area contributed by atoms with Crippen LogP contribution in [0, 0.1) is 0 Å². The lowest BCUT2D eigenvalue weighted by Crippen LogP contribution is -2.26. The Kier molecular flexibility index (Phi) is 5.77. The average molecular weight is 266 g/mol. The lowest BCUT2D eigenvalue weighted by atomic mass is 10.2. The van der Waals surface area contributed by atoms with Gasteiger partial charge in [-0.3, -0.25) is 13.8 Å². The second-order valence-electron chi connectivity index (χ2n) is 4.41. The first-order chi connectivity index (χ1) is 7.56. The predicted molar refractivity (Wildman–Crippen MR) is 60.9 cm³/mol. The molecular formula is C10H18O6S. The van der Waals surface area contributed by atoms with Crippen LogP contribution in [0.15, 0.2) is 0 Å². The molecule has 100 valence electrons. The highest BCUT2D eigenvalue weighted by Crippen LogP contribution is 2.08. The summed E-state index contributed by atoms with van der Waals surface area (Å²) in [6.07, 6.45) is -0.490. The van der Waals surface area contributed by atoms with Crippen LogP contribution in [-0.2, 0) is 28.6 Å². The molecule has 0 aliphatic rings. The molecule has 0 aromatic carbocycles. The minimum absolute atomic E-state index is 0.216. The van der Waals surface area contributed by atoms with E-state index in [9.17, 15) is 18.0 Å². The Morgan fingerprint density at radius 3 is 2.12 bits per heavy atom. The van der Waals surface area contributed by atoms with Crippen LogP contribution >= 0.6 is 0 Å². The molecule has 0 unspecified atom stereocenters. The first-order valence-corrected chi connectivity index (χ1v) is 6.74. The average Bonchev–Trinajstić information content (AvgIpc) is 2.12. The quantitative estimate of drug-likeness (QED) is 0.398. The van der Waals surface area contributed by atoms with E-state index in [1.807, 2.05) is 0 Å². The Morgan fingerprint density at radius 2 is 1.71 bits per heavy atom. The molecule has 7 heteroatoms. The molecule has 17 heavy (non-hydrogen) atoms. The highest BCUT2D eigenvalue weighted by atomic mass is 32.2. The van der Waals surface area contributed by atoms with Gasteiger partial charge in [-0.1, -0.05) is 0 Å². The topological polar surface area (TPSA) is 86.7 Å². The van der Waals surface area contributed by atoms with Crippen LogP contribution in [0.3, 0.4) is 0 Å². The standard InChI is InChI=1S/C10H18O6S/c1-5-17(13,14)15-7-8(11)6-9(12)16-10(2,3)4/h5-7H2,1-4H3. The monoisotopic (exact) mass is 266 g/mol. The number of Topliss-reactive ketones (excluding diaryl/α,β-unsaturated/α-hetero) is 1. The summed E-state index contributed by atoms with van der Waals surface area (Å²) in [5.74, 6) is -1.54. The van der Waals surface area contributed by atoms with Crippen molar-refractivity contribution in [1.29, 1.82) is 0 Å². The van der Waals surface area contributed by atoms with Crippen molar-refractivity contribution in [1.82, 2.24) is 0 Å². The largest absolute Gasteiger partial charge is 0.460 e. The number of rotatable bonds is 6. The van der Waals surface area contributed by atoms with Crippen LogP contribution in [0.25, 0.3) is 0 Å².